The van der Waals surface area contributed by atoms with Crippen LogP contribution in [0.1, 0.15) is 35.2 Å². The summed E-state index contributed by atoms with van der Waals surface area (Å²) in [4.78, 5) is 4.56. The fraction of sp³-hybridized carbons (Fsp3) is 0.250. The van der Waals surface area contributed by atoms with E-state index in [0.717, 1.165) is 24.0 Å². The van der Waals surface area contributed by atoms with Crippen molar-refractivity contribution >= 4 is 19.9 Å². The van der Waals surface area contributed by atoms with Crippen LogP contribution < -0.4 is 0 Å². The fourth-order valence-electron chi connectivity index (χ4n) is 4.33. The molecule has 1 saturated carbocycles. The second-order valence-corrected chi connectivity index (χ2v) is 13.2. The third kappa shape index (κ3) is 5.69. The van der Waals surface area contributed by atoms with Crippen molar-refractivity contribution in [3.05, 3.63) is 114 Å². The Kier molecular flexibility index (Phi) is 7.02. The molecule has 0 aliphatic heterocycles. The van der Waals surface area contributed by atoms with E-state index in [4.69, 9.17) is 0 Å². The van der Waals surface area contributed by atoms with E-state index in [-0.39, 0.29) is 34.9 Å². The van der Waals surface area contributed by atoms with Gasteiger partial charge in [-0.25, -0.2) is 21.8 Å². The number of benzene rings is 3. The lowest BCUT2D eigenvalue weighted by Gasteiger charge is -2.23. The fourth-order valence-corrected chi connectivity index (χ4v) is 7.50. The predicted molar refractivity (Wildman–Crippen MR) is 142 cm³/mol. The summed E-state index contributed by atoms with van der Waals surface area (Å²) in [6, 6.07) is 25.1. The molecule has 5 rings (SSSR count). The van der Waals surface area contributed by atoms with Gasteiger partial charge in [0.2, 0.25) is 25.0 Å². The van der Waals surface area contributed by atoms with Crippen LogP contribution in [-0.4, -0.2) is 36.7 Å². The number of sulfonamides is 1. The Morgan fingerprint density at radius 2 is 1.46 bits per heavy atom. The van der Waals surface area contributed by atoms with Gasteiger partial charge in [0.15, 0.2) is 0 Å². The second kappa shape index (κ2) is 10.2. The van der Waals surface area contributed by atoms with Crippen molar-refractivity contribution in [1.29, 1.82) is 0 Å². The van der Waals surface area contributed by atoms with Gasteiger partial charge < -0.3 is 4.57 Å². The van der Waals surface area contributed by atoms with Crippen LogP contribution in [0.4, 0.5) is 0 Å². The molecule has 0 radical (unpaired) electrons. The Hall–Kier alpha value is -3.27. The van der Waals surface area contributed by atoms with E-state index < -0.39 is 19.9 Å². The van der Waals surface area contributed by atoms with E-state index in [1.807, 2.05) is 49.4 Å². The van der Waals surface area contributed by atoms with Gasteiger partial charge >= 0.3 is 0 Å². The minimum Gasteiger partial charge on any atom is -0.313 e. The smallest absolute Gasteiger partial charge is 0.243 e. The SMILES string of the molecule is Cc1ccc(CS(=O)(=O)c2ncc(CN(C3CC3)S(=O)(=O)c3ccccc3)n2Cc2ccccc2)cc1. The first kappa shape index (κ1) is 25.4. The summed E-state index contributed by atoms with van der Waals surface area (Å²) in [7, 11) is -7.56. The Labute approximate surface area is 218 Å². The molecule has 1 fully saturated rings. The van der Waals surface area contributed by atoms with Crippen molar-refractivity contribution in [2.45, 2.75) is 54.7 Å². The highest BCUT2D eigenvalue weighted by molar-refractivity contribution is 7.90. The van der Waals surface area contributed by atoms with Crippen LogP contribution in [0.5, 0.6) is 0 Å². The number of imidazole rings is 1. The lowest BCUT2D eigenvalue weighted by Crippen LogP contribution is -2.33. The zero-order valence-electron chi connectivity index (χ0n) is 20.6. The van der Waals surface area contributed by atoms with Crippen LogP contribution >= 0.6 is 0 Å². The lowest BCUT2D eigenvalue weighted by molar-refractivity contribution is 0.386. The van der Waals surface area contributed by atoms with Gasteiger partial charge in [0.05, 0.1) is 35.6 Å². The van der Waals surface area contributed by atoms with Crippen LogP contribution in [-0.2, 0) is 38.7 Å². The van der Waals surface area contributed by atoms with E-state index in [9.17, 15) is 16.8 Å². The largest absolute Gasteiger partial charge is 0.313 e. The average Bonchev–Trinajstić information content (AvgIpc) is 3.65. The number of aromatic nitrogens is 2. The van der Waals surface area contributed by atoms with Crippen LogP contribution in [0.15, 0.2) is 101 Å². The molecular weight excluding hydrogens is 506 g/mol. The molecule has 1 aromatic heterocycles. The Morgan fingerprint density at radius 1 is 0.838 bits per heavy atom. The van der Waals surface area contributed by atoms with Gasteiger partial charge in [0, 0.05) is 6.04 Å². The molecule has 192 valence electrons. The summed E-state index contributed by atoms with van der Waals surface area (Å²) < 4.78 is 57.3. The van der Waals surface area contributed by atoms with Gasteiger partial charge in [-0.1, -0.05) is 78.4 Å². The monoisotopic (exact) mass is 535 g/mol. The zero-order valence-corrected chi connectivity index (χ0v) is 22.2. The van der Waals surface area contributed by atoms with Crippen molar-refractivity contribution in [1.82, 2.24) is 13.9 Å². The van der Waals surface area contributed by atoms with Crippen LogP contribution in [0.3, 0.4) is 0 Å². The topological polar surface area (TPSA) is 89.3 Å². The summed E-state index contributed by atoms with van der Waals surface area (Å²) in [6.45, 7) is 2.26. The van der Waals surface area contributed by atoms with E-state index >= 15 is 0 Å². The summed E-state index contributed by atoms with van der Waals surface area (Å²) >= 11 is 0. The van der Waals surface area contributed by atoms with E-state index in [0.29, 0.717) is 11.3 Å². The minimum atomic E-state index is -3.80. The van der Waals surface area contributed by atoms with Crippen molar-refractivity contribution in [3.63, 3.8) is 0 Å². The van der Waals surface area contributed by atoms with Crippen LogP contribution in [0.2, 0.25) is 0 Å². The maximum absolute atomic E-state index is 13.5. The van der Waals surface area contributed by atoms with Crippen molar-refractivity contribution < 1.29 is 16.8 Å². The highest BCUT2D eigenvalue weighted by atomic mass is 32.2. The molecule has 0 bridgehead atoms. The molecule has 7 nitrogen and oxygen atoms in total. The van der Waals surface area contributed by atoms with Crippen molar-refractivity contribution in [2.24, 2.45) is 0 Å². The Morgan fingerprint density at radius 3 is 2.08 bits per heavy atom. The molecule has 1 aliphatic rings. The van der Waals surface area contributed by atoms with Crippen LogP contribution in [0, 0.1) is 6.92 Å². The number of hydrogen-bond donors (Lipinski definition) is 0. The van der Waals surface area contributed by atoms with Gasteiger partial charge in [0.25, 0.3) is 0 Å². The lowest BCUT2D eigenvalue weighted by atomic mass is 10.2. The van der Waals surface area contributed by atoms with E-state index in [1.54, 1.807) is 47.0 Å². The molecule has 3 aromatic carbocycles. The van der Waals surface area contributed by atoms with E-state index in [1.165, 1.54) is 10.5 Å². The van der Waals surface area contributed by atoms with Gasteiger partial charge in [0.1, 0.15) is 0 Å². The predicted octanol–water partition coefficient (Wildman–Crippen LogP) is 4.57. The summed E-state index contributed by atoms with van der Waals surface area (Å²) in [5.74, 6) is -0.187. The number of hydrogen-bond acceptors (Lipinski definition) is 5. The summed E-state index contributed by atoms with van der Waals surface area (Å²) in [5, 5.41) is -0.0558. The van der Waals surface area contributed by atoms with E-state index in [2.05, 4.69) is 4.98 Å². The summed E-state index contributed by atoms with van der Waals surface area (Å²) in [5.41, 5.74) is 3.16. The third-order valence-corrected chi connectivity index (χ3v) is 9.97. The second-order valence-electron chi connectivity index (χ2n) is 9.44. The molecule has 0 amide bonds. The molecule has 1 aliphatic carbocycles. The molecule has 0 spiro atoms. The molecule has 0 unspecified atom stereocenters. The highest BCUT2D eigenvalue weighted by Crippen LogP contribution is 2.34. The zero-order chi connectivity index (χ0) is 26.0. The Balaban J connectivity index is 1.53. The maximum Gasteiger partial charge on any atom is 0.243 e. The average molecular weight is 536 g/mol. The standard InChI is InChI=1S/C28H29N3O4S2/c1-22-12-14-24(15-13-22)21-36(32,33)28-29-18-26(30(28)19-23-8-4-2-5-9-23)20-31(25-16-17-25)37(34,35)27-10-6-3-7-11-27/h2-15,18,25H,16-17,19-21H2,1H3. The van der Waals surface area contributed by atoms with Gasteiger partial charge in [-0.2, -0.15) is 4.31 Å². The third-order valence-electron chi connectivity index (χ3n) is 6.46. The molecular formula is C28H29N3O4S2. The minimum absolute atomic E-state index is 0.0434. The first-order valence-corrected chi connectivity index (χ1v) is 15.3. The highest BCUT2D eigenvalue weighted by Gasteiger charge is 2.39. The maximum atomic E-state index is 13.5. The first-order valence-electron chi connectivity index (χ1n) is 12.2. The van der Waals surface area contributed by atoms with Crippen LogP contribution in [0.25, 0.3) is 0 Å². The molecule has 0 atom stereocenters. The van der Waals surface area contributed by atoms with Gasteiger partial charge in [-0.3, -0.25) is 0 Å². The number of aryl methyl sites for hydroxylation is 1. The number of nitrogens with zero attached hydrogens (tertiary/aromatic N) is 3. The van der Waals surface area contributed by atoms with Crippen molar-refractivity contribution in [3.8, 4) is 0 Å². The molecule has 1 heterocycles. The quantitative estimate of drug-likeness (QED) is 0.297. The molecule has 37 heavy (non-hydrogen) atoms. The number of rotatable bonds is 10. The first-order chi connectivity index (χ1) is 17.7. The van der Waals surface area contributed by atoms with Gasteiger partial charge in [-0.05, 0) is 43.0 Å². The normalized spacial score (nSPS) is 14.2. The van der Waals surface area contributed by atoms with Gasteiger partial charge in [-0.15, -0.1) is 0 Å². The number of sulfone groups is 1. The Bertz CT molecular complexity index is 1580. The molecule has 0 N–H and O–H groups in total. The molecule has 0 saturated heterocycles. The van der Waals surface area contributed by atoms with Crippen molar-refractivity contribution in [2.75, 3.05) is 0 Å². The molecule has 9 heteroatoms. The molecule has 4 aromatic rings. The summed E-state index contributed by atoms with van der Waals surface area (Å²) in [6.07, 6.45) is 3.05.